The third-order valence-electron chi connectivity index (χ3n) is 3.04. The molecule has 2 rings (SSSR count). The molecule has 0 aliphatic rings. The van der Waals surface area contributed by atoms with Crippen LogP contribution in [0.15, 0.2) is 36.7 Å². The Bertz CT molecular complexity index is 666. The molecule has 2 N–H and O–H groups in total. The molecular weight excluding hydrogens is 274 g/mol. The molecule has 0 aliphatic heterocycles. The van der Waals surface area contributed by atoms with E-state index in [-0.39, 0.29) is 5.75 Å². The van der Waals surface area contributed by atoms with E-state index in [1.165, 1.54) is 0 Å². The average Bonchev–Trinajstić information content (AvgIpc) is 2.44. The lowest BCUT2D eigenvalue weighted by molar-refractivity contribution is 0.595. The van der Waals surface area contributed by atoms with Gasteiger partial charge in [0.25, 0.3) is 0 Å². The molecule has 0 aliphatic carbocycles. The van der Waals surface area contributed by atoms with Gasteiger partial charge in [-0.25, -0.2) is 8.42 Å². The smallest absolute Gasteiger partial charge is 0.232 e. The molecular formula is C14H19N3O2S. The number of hydrogen-bond acceptors (Lipinski definition) is 4. The van der Waals surface area contributed by atoms with Crippen molar-refractivity contribution < 1.29 is 8.42 Å². The number of rotatable bonds is 7. The van der Waals surface area contributed by atoms with Gasteiger partial charge in [0.05, 0.1) is 11.4 Å². The molecule has 5 nitrogen and oxygen atoms in total. The normalized spacial score (nSPS) is 11.7. The topological polar surface area (TPSA) is 71.1 Å². The van der Waals surface area contributed by atoms with E-state index in [9.17, 15) is 8.42 Å². The van der Waals surface area contributed by atoms with Crippen LogP contribution >= 0.6 is 0 Å². The molecule has 0 saturated carbocycles. The van der Waals surface area contributed by atoms with Crippen molar-refractivity contribution in [2.24, 2.45) is 0 Å². The zero-order valence-electron chi connectivity index (χ0n) is 11.5. The van der Waals surface area contributed by atoms with Crippen molar-refractivity contribution in [1.82, 2.24) is 10.3 Å². The molecule has 6 heteroatoms. The maximum atomic E-state index is 12.1. The number of benzene rings is 1. The van der Waals surface area contributed by atoms with Crippen molar-refractivity contribution in [3.05, 3.63) is 36.7 Å². The number of nitrogens with zero attached hydrogens (tertiary/aromatic N) is 1. The first kappa shape index (κ1) is 14.7. The van der Waals surface area contributed by atoms with Crippen LogP contribution in [0.25, 0.3) is 10.8 Å². The lowest BCUT2D eigenvalue weighted by Crippen LogP contribution is -2.18. The van der Waals surface area contributed by atoms with Crippen LogP contribution in [0.2, 0.25) is 0 Å². The summed E-state index contributed by atoms with van der Waals surface area (Å²) >= 11 is 0. The van der Waals surface area contributed by atoms with E-state index in [0.29, 0.717) is 12.1 Å². The van der Waals surface area contributed by atoms with Crippen molar-refractivity contribution >= 4 is 26.5 Å². The number of fused-ring (bicyclic) bond motifs is 1. The molecule has 2 aromatic rings. The van der Waals surface area contributed by atoms with Crippen LogP contribution in [0, 0.1) is 0 Å². The van der Waals surface area contributed by atoms with Gasteiger partial charge < -0.3 is 5.32 Å². The minimum atomic E-state index is -3.31. The standard InChI is InChI=1S/C14H19N3O2S/c1-15-8-2-3-10-20(18,19)17-14-6-4-5-12-7-9-16-11-13(12)14/h4-7,9,11,15,17H,2-3,8,10H2,1H3. The van der Waals surface area contributed by atoms with Crippen LogP contribution in [-0.2, 0) is 10.0 Å². The number of anilines is 1. The van der Waals surface area contributed by atoms with E-state index < -0.39 is 10.0 Å². The fraction of sp³-hybridized carbons (Fsp3) is 0.357. The number of unbranched alkanes of at least 4 members (excludes halogenated alkanes) is 1. The second-order valence-electron chi connectivity index (χ2n) is 4.63. The fourth-order valence-electron chi connectivity index (χ4n) is 2.01. The van der Waals surface area contributed by atoms with Crippen LogP contribution in [0.4, 0.5) is 5.69 Å². The van der Waals surface area contributed by atoms with Gasteiger partial charge in [-0.05, 0) is 44.0 Å². The summed E-state index contributed by atoms with van der Waals surface area (Å²) in [6.07, 6.45) is 4.85. The summed E-state index contributed by atoms with van der Waals surface area (Å²) in [5.74, 6) is 0.130. The maximum Gasteiger partial charge on any atom is 0.232 e. The first-order valence-corrected chi connectivity index (χ1v) is 8.25. The third kappa shape index (κ3) is 3.91. The fourth-order valence-corrected chi connectivity index (χ4v) is 3.21. The quantitative estimate of drug-likeness (QED) is 0.766. The summed E-state index contributed by atoms with van der Waals surface area (Å²) in [5, 5.41) is 4.79. The summed E-state index contributed by atoms with van der Waals surface area (Å²) in [6.45, 7) is 0.827. The number of sulfonamides is 1. The summed E-state index contributed by atoms with van der Waals surface area (Å²) in [4.78, 5) is 4.05. The molecule has 0 saturated heterocycles. The van der Waals surface area contributed by atoms with Crippen molar-refractivity contribution in [2.45, 2.75) is 12.8 Å². The van der Waals surface area contributed by atoms with E-state index >= 15 is 0 Å². The van der Waals surface area contributed by atoms with E-state index in [2.05, 4.69) is 15.0 Å². The Hall–Kier alpha value is -1.66. The Kier molecular flexibility index (Phi) is 4.92. The minimum Gasteiger partial charge on any atom is -0.320 e. The predicted molar refractivity (Wildman–Crippen MR) is 82.3 cm³/mol. The van der Waals surface area contributed by atoms with Crippen LogP contribution in [0.5, 0.6) is 0 Å². The largest absolute Gasteiger partial charge is 0.320 e. The van der Waals surface area contributed by atoms with E-state index in [4.69, 9.17) is 0 Å². The second kappa shape index (κ2) is 6.67. The van der Waals surface area contributed by atoms with Gasteiger partial charge in [-0.1, -0.05) is 12.1 Å². The maximum absolute atomic E-state index is 12.1. The minimum absolute atomic E-state index is 0.130. The molecule has 0 spiro atoms. The molecule has 0 amide bonds. The van der Waals surface area contributed by atoms with Crippen LogP contribution in [0.1, 0.15) is 12.8 Å². The van der Waals surface area contributed by atoms with Gasteiger partial charge in [0.1, 0.15) is 0 Å². The zero-order chi connectivity index (χ0) is 14.4. The van der Waals surface area contributed by atoms with Crippen molar-refractivity contribution in [3.63, 3.8) is 0 Å². The zero-order valence-corrected chi connectivity index (χ0v) is 12.3. The molecule has 1 aromatic carbocycles. The highest BCUT2D eigenvalue weighted by atomic mass is 32.2. The molecule has 0 bridgehead atoms. The number of aromatic nitrogens is 1. The Balaban J connectivity index is 2.11. The van der Waals surface area contributed by atoms with Gasteiger partial charge >= 0.3 is 0 Å². The third-order valence-corrected chi connectivity index (χ3v) is 4.40. The molecule has 0 atom stereocenters. The van der Waals surface area contributed by atoms with Crippen molar-refractivity contribution in [2.75, 3.05) is 24.1 Å². The van der Waals surface area contributed by atoms with Gasteiger partial charge in [0.15, 0.2) is 0 Å². The number of pyridine rings is 1. The molecule has 0 fully saturated rings. The highest BCUT2D eigenvalue weighted by Gasteiger charge is 2.11. The molecule has 108 valence electrons. The molecule has 0 unspecified atom stereocenters. The van der Waals surface area contributed by atoms with Gasteiger partial charge in [-0.15, -0.1) is 0 Å². The Morgan fingerprint density at radius 3 is 2.85 bits per heavy atom. The first-order valence-electron chi connectivity index (χ1n) is 6.60. The molecule has 0 radical (unpaired) electrons. The number of nitrogens with one attached hydrogen (secondary N) is 2. The Morgan fingerprint density at radius 2 is 2.05 bits per heavy atom. The second-order valence-corrected chi connectivity index (χ2v) is 6.48. The van der Waals surface area contributed by atoms with Crippen molar-refractivity contribution in [3.8, 4) is 0 Å². The van der Waals surface area contributed by atoms with Gasteiger partial charge in [-0.3, -0.25) is 9.71 Å². The van der Waals surface area contributed by atoms with Crippen LogP contribution < -0.4 is 10.0 Å². The Labute approximate surface area is 119 Å². The molecule has 1 aromatic heterocycles. The van der Waals surface area contributed by atoms with Crippen LogP contribution in [-0.4, -0.2) is 32.7 Å². The summed E-state index contributed by atoms with van der Waals surface area (Å²) in [6, 6.07) is 7.39. The van der Waals surface area contributed by atoms with E-state index in [1.54, 1.807) is 18.5 Å². The van der Waals surface area contributed by atoms with E-state index in [1.807, 2.05) is 25.2 Å². The lowest BCUT2D eigenvalue weighted by Gasteiger charge is -2.10. The van der Waals surface area contributed by atoms with E-state index in [0.717, 1.165) is 23.7 Å². The van der Waals surface area contributed by atoms with Crippen molar-refractivity contribution in [1.29, 1.82) is 0 Å². The number of hydrogen-bond donors (Lipinski definition) is 2. The van der Waals surface area contributed by atoms with Crippen LogP contribution in [0.3, 0.4) is 0 Å². The molecule has 20 heavy (non-hydrogen) atoms. The van der Waals surface area contributed by atoms with Gasteiger partial charge in [0, 0.05) is 17.8 Å². The Morgan fingerprint density at radius 1 is 1.20 bits per heavy atom. The summed E-state index contributed by atoms with van der Waals surface area (Å²) in [7, 11) is -1.46. The predicted octanol–water partition coefficient (Wildman–Crippen LogP) is 1.98. The highest BCUT2D eigenvalue weighted by molar-refractivity contribution is 7.92. The lowest BCUT2D eigenvalue weighted by atomic mass is 10.1. The SMILES string of the molecule is CNCCCCS(=O)(=O)Nc1cccc2ccncc12. The van der Waals surface area contributed by atoms with Gasteiger partial charge in [-0.2, -0.15) is 0 Å². The summed E-state index contributed by atoms with van der Waals surface area (Å²) in [5.41, 5.74) is 0.587. The van der Waals surface area contributed by atoms with Gasteiger partial charge in [0.2, 0.25) is 10.0 Å². The monoisotopic (exact) mass is 293 g/mol. The summed E-state index contributed by atoms with van der Waals surface area (Å²) < 4.78 is 26.8. The molecule has 1 heterocycles. The first-order chi connectivity index (χ1) is 9.62. The highest BCUT2D eigenvalue weighted by Crippen LogP contribution is 2.23. The average molecular weight is 293 g/mol.